The van der Waals surface area contributed by atoms with Gasteiger partial charge in [-0.05, 0) is 30.7 Å². The number of rotatable bonds is 6. The third-order valence-corrected chi connectivity index (χ3v) is 3.46. The van der Waals surface area contributed by atoms with Crippen molar-refractivity contribution < 1.29 is 14.7 Å². The summed E-state index contributed by atoms with van der Waals surface area (Å²) in [6.45, 7) is 3.83. The third kappa shape index (κ3) is 5.13. The molecule has 1 aromatic rings. The number of urea groups is 1. The van der Waals surface area contributed by atoms with Gasteiger partial charge in [-0.1, -0.05) is 26.0 Å². The van der Waals surface area contributed by atoms with Crippen molar-refractivity contribution in [3.05, 3.63) is 24.3 Å². The van der Waals surface area contributed by atoms with E-state index in [4.69, 9.17) is 5.11 Å². The number of carbonyl (C=O) groups excluding carboxylic acids is 1. The molecule has 110 valence electrons. The molecule has 20 heavy (non-hydrogen) atoms. The number of thioether (sulfide) groups is 1. The van der Waals surface area contributed by atoms with Crippen LogP contribution >= 0.6 is 11.8 Å². The van der Waals surface area contributed by atoms with E-state index in [0.717, 1.165) is 4.90 Å². The molecule has 0 heterocycles. The molecule has 6 heteroatoms. The van der Waals surface area contributed by atoms with Crippen molar-refractivity contribution in [1.82, 2.24) is 5.32 Å². The number of aliphatic carboxylic acids is 1. The lowest BCUT2D eigenvalue weighted by Crippen LogP contribution is -2.43. The minimum Gasteiger partial charge on any atom is -0.480 e. The van der Waals surface area contributed by atoms with Gasteiger partial charge in [0.15, 0.2) is 0 Å². The molecule has 0 unspecified atom stereocenters. The van der Waals surface area contributed by atoms with Gasteiger partial charge < -0.3 is 15.7 Å². The van der Waals surface area contributed by atoms with Crippen LogP contribution in [0.15, 0.2) is 29.2 Å². The summed E-state index contributed by atoms with van der Waals surface area (Å²) < 4.78 is 0. The predicted octanol–water partition coefficient (Wildman–Crippen LogP) is 3.03. The number of carbonyl (C=O) groups is 2. The first-order chi connectivity index (χ1) is 9.43. The number of anilines is 1. The maximum atomic E-state index is 11.9. The number of nitrogens with one attached hydrogen (secondary N) is 2. The minimum atomic E-state index is -1.02. The summed E-state index contributed by atoms with van der Waals surface area (Å²) in [4.78, 5) is 23.9. The molecule has 0 aliphatic rings. The largest absolute Gasteiger partial charge is 0.480 e. The number of para-hydroxylation sites is 1. The van der Waals surface area contributed by atoms with Gasteiger partial charge in [0.2, 0.25) is 0 Å². The summed E-state index contributed by atoms with van der Waals surface area (Å²) in [6.07, 6.45) is 2.31. The molecule has 0 saturated carbocycles. The zero-order valence-electron chi connectivity index (χ0n) is 11.8. The Labute approximate surface area is 123 Å². The van der Waals surface area contributed by atoms with Crippen LogP contribution in [0.2, 0.25) is 0 Å². The third-order valence-electron chi connectivity index (χ3n) is 2.67. The van der Waals surface area contributed by atoms with Crippen molar-refractivity contribution in [3.63, 3.8) is 0 Å². The second-order valence-electron chi connectivity index (χ2n) is 4.82. The molecule has 3 N–H and O–H groups in total. The monoisotopic (exact) mass is 296 g/mol. The molecule has 0 aliphatic heterocycles. The van der Waals surface area contributed by atoms with Crippen molar-refractivity contribution in [2.24, 2.45) is 5.92 Å². The first-order valence-corrected chi connectivity index (χ1v) is 7.59. The van der Waals surface area contributed by atoms with Crippen LogP contribution in [0, 0.1) is 5.92 Å². The maximum absolute atomic E-state index is 11.9. The van der Waals surface area contributed by atoms with E-state index in [1.165, 1.54) is 11.8 Å². The van der Waals surface area contributed by atoms with Crippen LogP contribution in [-0.2, 0) is 4.79 Å². The van der Waals surface area contributed by atoms with Crippen LogP contribution in [0.3, 0.4) is 0 Å². The highest BCUT2D eigenvalue weighted by atomic mass is 32.2. The fourth-order valence-corrected chi connectivity index (χ4v) is 2.31. The Morgan fingerprint density at radius 1 is 1.30 bits per heavy atom. The molecule has 2 amide bonds. The quantitative estimate of drug-likeness (QED) is 0.705. The highest BCUT2D eigenvalue weighted by Crippen LogP contribution is 2.24. The van der Waals surface area contributed by atoms with Crippen LogP contribution < -0.4 is 10.6 Å². The second-order valence-corrected chi connectivity index (χ2v) is 5.67. The average molecular weight is 296 g/mol. The van der Waals surface area contributed by atoms with E-state index in [-0.39, 0.29) is 5.92 Å². The molecule has 0 aromatic heterocycles. The summed E-state index contributed by atoms with van der Waals surface area (Å²) >= 11 is 1.51. The van der Waals surface area contributed by atoms with Gasteiger partial charge in [0, 0.05) is 4.90 Å². The Morgan fingerprint density at radius 2 is 1.95 bits per heavy atom. The average Bonchev–Trinajstić information content (AvgIpc) is 2.37. The van der Waals surface area contributed by atoms with Crippen LogP contribution in [0.25, 0.3) is 0 Å². The van der Waals surface area contributed by atoms with Crippen LogP contribution in [0.5, 0.6) is 0 Å². The summed E-state index contributed by atoms with van der Waals surface area (Å²) in [5, 5.41) is 14.3. The van der Waals surface area contributed by atoms with Crippen molar-refractivity contribution in [2.45, 2.75) is 31.2 Å². The molecule has 0 radical (unpaired) electrons. The van der Waals surface area contributed by atoms with E-state index >= 15 is 0 Å². The molecule has 0 saturated heterocycles. The van der Waals surface area contributed by atoms with Crippen molar-refractivity contribution in [2.75, 3.05) is 11.6 Å². The lowest BCUT2D eigenvalue weighted by atomic mass is 10.0. The van der Waals surface area contributed by atoms with Crippen LogP contribution in [-0.4, -0.2) is 29.4 Å². The summed E-state index contributed by atoms with van der Waals surface area (Å²) in [7, 11) is 0. The lowest BCUT2D eigenvalue weighted by Gasteiger charge is -2.17. The first kappa shape index (κ1) is 16.4. The van der Waals surface area contributed by atoms with Crippen LogP contribution in [0.4, 0.5) is 10.5 Å². The topological polar surface area (TPSA) is 78.4 Å². The van der Waals surface area contributed by atoms with E-state index in [1.54, 1.807) is 6.07 Å². The second kappa shape index (κ2) is 7.79. The molecular formula is C14H20N2O3S. The van der Waals surface area contributed by atoms with E-state index < -0.39 is 18.0 Å². The maximum Gasteiger partial charge on any atom is 0.326 e. The Kier molecular flexibility index (Phi) is 6.38. The van der Waals surface area contributed by atoms with E-state index in [2.05, 4.69) is 10.6 Å². The molecular weight excluding hydrogens is 276 g/mol. The van der Waals surface area contributed by atoms with Crippen molar-refractivity contribution in [3.8, 4) is 0 Å². The van der Waals surface area contributed by atoms with Gasteiger partial charge in [0.25, 0.3) is 0 Å². The van der Waals surface area contributed by atoms with E-state index in [9.17, 15) is 9.59 Å². The predicted molar refractivity (Wildman–Crippen MR) is 81.3 cm³/mol. The number of benzene rings is 1. The van der Waals surface area contributed by atoms with Gasteiger partial charge in [-0.15, -0.1) is 11.8 Å². The number of carboxylic acid groups (broad SMARTS) is 1. The SMILES string of the molecule is CSc1ccccc1NC(=O)N[C@@H](CC(C)C)C(=O)O. The highest BCUT2D eigenvalue weighted by Gasteiger charge is 2.21. The molecule has 1 rings (SSSR count). The summed E-state index contributed by atoms with van der Waals surface area (Å²) in [6, 6.07) is 5.99. The van der Waals surface area contributed by atoms with Crippen molar-refractivity contribution in [1.29, 1.82) is 0 Å². The zero-order valence-corrected chi connectivity index (χ0v) is 12.7. The molecule has 0 spiro atoms. The first-order valence-electron chi connectivity index (χ1n) is 6.37. The standard InChI is InChI=1S/C14H20N2O3S/c1-9(2)8-11(13(17)18)16-14(19)15-10-6-4-5-7-12(10)20-3/h4-7,9,11H,8H2,1-3H3,(H,17,18)(H2,15,16,19)/t11-/m0/s1. The van der Waals surface area contributed by atoms with Gasteiger partial charge >= 0.3 is 12.0 Å². The van der Waals surface area contributed by atoms with E-state index in [0.29, 0.717) is 12.1 Å². The summed E-state index contributed by atoms with van der Waals surface area (Å²) in [5.41, 5.74) is 0.672. The highest BCUT2D eigenvalue weighted by molar-refractivity contribution is 7.98. The number of hydrogen-bond acceptors (Lipinski definition) is 3. The van der Waals surface area contributed by atoms with Crippen molar-refractivity contribution >= 4 is 29.4 Å². The van der Waals surface area contributed by atoms with Gasteiger partial charge in [-0.2, -0.15) is 0 Å². The molecule has 1 atom stereocenters. The Bertz CT molecular complexity index is 477. The Hall–Kier alpha value is -1.69. The minimum absolute atomic E-state index is 0.190. The fraction of sp³-hybridized carbons (Fsp3) is 0.429. The van der Waals surface area contributed by atoms with E-state index in [1.807, 2.05) is 38.3 Å². The number of amides is 2. The summed E-state index contributed by atoms with van der Waals surface area (Å²) in [5.74, 6) is -0.832. The van der Waals surface area contributed by atoms with Crippen LogP contribution in [0.1, 0.15) is 20.3 Å². The van der Waals surface area contributed by atoms with Gasteiger partial charge in [-0.3, -0.25) is 0 Å². The van der Waals surface area contributed by atoms with Gasteiger partial charge in [0.05, 0.1) is 5.69 Å². The lowest BCUT2D eigenvalue weighted by molar-refractivity contribution is -0.139. The van der Waals surface area contributed by atoms with Gasteiger partial charge in [-0.25, -0.2) is 9.59 Å². The molecule has 0 bridgehead atoms. The normalized spacial score (nSPS) is 12.0. The Morgan fingerprint density at radius 3 is 2.50 bits per heavy atom. The fourth-order valence-electron chi connectivity index (χ4n) is 1.76. The molecule has 5 nitrogen and oxygen atoms in total. The number of hydrogen-bond donors (Lipinski definition) is 3. The van der Waals surface area contributed by atoms with Gasteiger partial charge in [0.1, 0.15) is 6.04 Å². The zero-order chi connectivity index (χ0) is 15.1. The molecule has 0 aliphatic carbocycles. The Balaban J connectivity index is 2.68. The number of carboxylic acids is 1. The molecule has 0 fully saturated rings. The smallest absolute Gasteiger partial charge is 0.326 e. The molecule has 1 aromatic carbocycles.